The van der Waals surface area contributed by atoms with Gasteiger partial charge < -0.3 is 4.90 Å². The van der Waals surface area contributed by atoms with Gasteiger partial charge in [-0.05, 0) is 43.0 Å². The van der Waals surface area contributed by atoms with Crippen LogP contribution in [-0.2, 0) is 0 Å². The summed E-state index contributed by atoms with van der Waals surface area (Å²) in [5.41, 5.74) is 2.12. The molecular formula is C18H27NO. The lowest BCUT2D eigenvalue weighted by molar-refractivity contribution is 0.0988. The summed E-state index contributed by atoms with van der Waals surface area (Å²) in [5, 5.41) is 0. The first kappa shape index (κ1) is 15.1. The molecule has 0 amide bonds. The Morgan fingerprint density at radius 1 is 1.20 bits per heavy atom. The van der Waals surface area contributed by atoms with Crippen molar-refractivity contribution < 1.29 is 4.79 Å². The summed E-state index contributed by atoms with van der Waals surface area (Å²) in [7, 11) is 0. The van der Waals surface area contributed by atoms with Crippen LogP contribution in [0.1, 0.15) is 63.2 Å². The van der Waals surface area contributed by atoms with Gasteiger partial charge in [-0.3, -0.25) is 4.79 Å². The average Bonchev–Trinajstić information content (AvgIpc) is 2.98. The van der Waals surface area contributed by atoms with Crippen LogP contribution in [0.25, 0.3) is 0 Å². The number of rotatable bonds is 6. The molecule has 1 aromatic carbocycles. The maximum atomic E-state index is 11.7. The Kier molecular flexibility index (Phi) is 5.22. The van der Waals surface area contributed by atoms with Gasteiger partial charge in [0, 0.05) is 30.3 Å². The van der Waals surface area contributed by atoms with Crippen LogP contribution in [0.15, 0.2) is 24.3 Å². The van der Waals surface area contributed by atoms with Crippen LogP contribution >= 0.6 is 0 Å². The van der Waals surface area contributed by atoms with Gasteiger partial charge in [-0.15, -0.1) is 0 Å². The molecule has 1 aromatic rings. The monoisotopic (exact) mass is 273 g/mol. The fraction of sp³-hybridized carbons (Fsp3) is 0.611. The van der Waals surface area contributed by atoms with Gasteiger partial charge in [0.1, 0.15) is 0 Å². The van der Waals surface area contributed by atoms with Crippen LogP contribution in [0.3, 0.4) is 0 Å². The third kappa shape index (κ3) is 3.62. The van der Waals surface area contributed by atoms with E-state index in [9.17, 15) is 4.79 Å². The number of ketones is 1. The first-order valence-corrected chi connectivity index (χ1v) is 8.01. The van der Waals surface area contributed by atoms with E-state index >= 15 is 0 Å². The molecule has 20 heavy (non-hydrogen) atoms. The van der Waals surface area contributed by atoms with E-state index in [4.69, 9.17) is 0 Å². The molecule has 0 aromatic heterocycles. The second-order valence-electron chi connectivity index (χ2n) is 6.31. The Morgan fingerprint density at radius 2 is 1.80 bits per heavy atom. The number of hydrogen-bond donors (Lipinski definition) is 0. The fourth-order valence-corrected chi connectivity index (χ4v) is 3.12. The van der Waals surface area contributed by atoms with Crippen molar-refractivity contribution in [2.45, 2.75) is 58.9 Å². The number of benzene rings is 1. The van der Waals surface area contributed by atoms with Gasteiger partial charge in [0.2, 0.25) is 0 Å². The number of carbonyl (C=O) groups excluding carboxylic acids is 1. The van der Waals surface area contributed by atoms with E-state index < -0.39 is 0 Å². The zero-order valence-corrected chi connectivity index (χ0v) is 13.1. The van der Waals surface area contributed by atoms with Gasteiger partial charge in [0.05, 0.1) is 0 Å². The molecular weight excluding hydrogens is 246 g/mol. The second kappa shape index (κ2) is 6.92. The largest absolute Gasteiger partial charge is 0.368 e. The van der Waals surface area contributed by atoms with E-state index in [1.54, 1.807) is 0 Å². The highest BCUT2D eigenvalue weighted by Crippen LogP contribution is 2.29. The summed E-state index contributed by atoms with van der Waals surface area (Å²) in [6, 6.07) is 8.92. The number of nitrogens with zero attached hydrogens (tertiary/aromatic N) is 1. The van der Waals surface area contributed by atoms with Crippen LogP contribution in [0, 0.1) is 5.92 Å². The summed E-state index contributed by atoms with van der Waals surface area (Å²) >= 11 is 0. The predicted octanol–water partition coefficient (Wildman–Crippen LogP) is 4.68. The molecule has 1 aliphatic rings. The van der Waals surface area contributed by atoms with Crippen molar-refractivity contribution in [3.63, 3.8) is 0 Å². The number of hydrogen-bond acceptors (Lipinski definition) is 2. The molecule has 0 N–H and O–H groups in total. The van der Waals surface area contributed by atoms with Crippen molar-refractivity contribution in [3.8, 4) is 0 Å². The minimum absolute atomic E-state index is 0.229. The lowest BCUT2D eigenvalue weighted by atomic mass is 10.1. The Labute approximate surface area is 123 Å². The lowest BCUT2D eigenvalue weighted by Crippen LogP contribution is -2.36. The summed E-state index contributed by atoms with van der Waals surface area (Å²) in [5.74, 6) is 0.889. The van der Waals surface area contributed by atoms with Gasteiger partial charge in [0.15, 0.2) is 5.78 Å². The van der Waals surface area contributed by atoms with Crippen molar-refractivity contribution >= 4 is 11.5 Å². The van der Waals surface area contributed by atoms with Crippen molar-refractivity contribution in [1.29, 1.82) is 0 Å². The standard InChI is InChI=1S/C18H27NO/c1-4-18(20)15-9-11-17(12-10-15)19(13-14(2)3)16-7-5-6-8-16/h9-12,14,16H,4-8,13H2,1-3H3. The third-order valence-electron chi connectivity index (χ3n) is 4.17. The van der Waals surface area contributed by atoms with Crippen molar-refractivity contribution in [1.82, 2.24) is 0 Å². The maximum Gasteiger partial charge on any atom is 0.162 e. The van der Waals surface area contributed by atoms with E-state index in [2.05, 4.69) is 30.9 Å². The summed E-state index contributed by atoms with van der Waals surface area (Å²) in [6.07, 6.45) is 5.90. The zero-order chi connectivity index (χ0) is 14.5. The number of carbonyl (C=O) groups is 1. The van der Waals surface area contributed by atoms with Crippen LogP contribution in [-0.4, -0.2) is 18.4 Å². The highest BCUT2D eigenvalue weighted by Gasteiger charge is 2.23. The molecule has 2 rings (SSSR count). The minimum Gasteiger partial charge on any atom is -0.368 e. The average molecular weight is 273 g/mol. The van der Waals surface area contributed by atoms with Crippen LogP contribution in [0.4, 0.5) is 5.69 Å². The number of Topliss-reactive ketones (excluding diaryl/α,β-unsaturated/α-hetero) is 1. The van der Waals surface area contributed by atoms with Crippen LogP contribution in [0.2, 0.25) is 0 Å². The summed E-state index contributed by atoms with van der Waals surface area (Å²) in [4.78, 5) is 14.3. The number of anilines is 1. The molecule has 1 fully saturated rings. The van der Waals surface area contributed by atoms with Crippen LogP contribution < -0.4 is 4.90 Å². The quantitative estimate of drug-likeness (QED) is 0.701. The molecule has 0 radical (unpaired) electrons. The lowest BCUT2D eigenvalue weighted by Gasteiger charge is -2.33. The Balaban J connectivity index is 2.17. The van der Waals surface area contributed by atoms with Gasteiger partial charge >= 0.3 is 0 Å². The Morgan fingerprint density at radius 3 is 2.30 bits per heavy atom. The Bertz CT molecular complexity index is 429. The molecule has 0 aliphatic heterocycles. The van der Waals surface area contributed by atoms with Crippen molar-refractivity contribution in [2.75, 3.05) is 11.4 Å². The molecule has 2 nitrogen and oxygen atoms in total. The zero-order valence-electron chi connectivity index (χ0n) is 13.1. The smallest absolute Gasteiger partial charge is 0.162 e. The predicted molar refractivity (Wildman–Crippen MR) is 85.5 cm³/mol. The Hall–Kier alpha value is -1.31. The third-order valence-corrected chi connectivity index (χ3v) is 4.17. The van der Waals surface area contributed by atoms with Gasteiger partial charge in [-0.2, -0.15) is 0 Å². The second-order valence-corrected chi connectivity index (χ2v) is 6.31. The highest BCUT2D eigenvalue weighted by molar-refractivity contribution is 5.96. The first-order valence-electron chi connectivity index (χ1n) is 8.01. The van der Waals surface area contributed by atoms with Gasteiger partial charge in [0.25, 0.3) is 0 Å². The molecule has 0 atom stereocenters. The fourth-order valence-electron chi connectivity index (χ4n) is 3.12. The van der Waals surface area contributed by atoms with E-state index in [0.29, 0.717) is 18.4 Å². The molecule has 0 spiro atoms. The molecule has 0 saturated heterocycles. The van der Waals surface area contributed by atoms with Crippen LogP contribution in [0.5, 0.6) is 0 Å². The molecule has 1 saturated carbocycles. The van der Waals surface area contributed by atoms with Crippen molar-refractivity contribution in [2.24, 2.45) is 5.92 Å². The molecule has 110 valence electrons. The van der Waals surface area contributed by atoms with Crippen molar-refractivity contribution in [3.05, 3.63) is 29.8 Å². The van der Waals surface area contributed by atoms with Gasteiger partial charge in [-0.1, -0.05) is 33.6 Å². The SMILES string of the molecule is CCC(=O)c1ccc(N(CC(C)C)C2CCCC2)cc1. The molecule has 2 heteroatoms. The highest BCUT2D eigenvalue weighted by atomic mass is 16.1. The molecule has 0 bridgehead atoms. The summed E-state index contributed by atoms with van der Waals surface area (Å²) in [6.45, 7) is 7.57. The normalized spacial score (nSPS) is 15.8. The maximum absolute atomic E-state index is 11.7. The van der Waals surface area contributed by atoms with E-state index in [0.717, 1.165) is 12.1 Å². The molecule has 0 heterocycles. The molecule has 1 aliphatic carbocycles. The first-order chi connectivity index (χ1) is 9.61. The van der Waals surface area contributed by atoms with E-state index in [1.165, 1.54) is 31.4 Å². The van der Waals surface area contributed by atoms with E-state index in [1.807, 2.05) is 19.1 Å². The minimum atomic E-state index is 0.229. The van der Waals surface area contributed by atoms with Gasteiger partial charge in [-0.25, -0.2) is 0 Å². The molecule has 0 unspecified atom stereocenters. The van der Waals surface area contributed by atoms with E-state index in [-0.39, 0.29) is 5.78 Å². The topological polar surface area (TPSA) is 20.3 Å². The summed E-state index contributed by atoms with van der Waals surface area (Å²) < 4.78 is 0.